The van der Waals surface area contributed by atoms with E-state index in [1.165, 1.54) is 25.9 Å². The Morgan fingerprint density at radius 2 is 1.71 bits per heavy atom. The Labute approximate surface area is 166 Å². The first kappa shape index (κ1) is 18.8. The standard InChI is InChI=1S/C21H28N6O/c1-25-7-5-18(6-8-25)26-9-11-27(12-10-26)19-14-23-21(24-15-19)17-4-2-3-16(13-17)20(22)28/h2-4,13-15,18H,5-12H2,1H3,(H2,22,28). The van der Waals surface area contributed by atoms with Gasteiger partial charge in [-0.1, -0.05) is 12.1 Å². The molecule has 4 rings (SSSR count). The fourth-order valence-electron chi connectivity index (χ4n) is 4.15. The topological polar surface area (TPSA) is 78.6 Å². The molecule has 0 spiro atoms. The molecule has 148 valence electrons. The molecule has 0 unspecified atom stereocenters. The van der Waals surface area contributed by atoms with Crippen LogP contribution in [0.5, 0.6) is 0 Å². The van der Waals surface area contributed by atoms with Crippen molar-refractivity contribution in [2.75, 3.05) is 51.2 Å². The van der Waals surface area contributed by atoms with E-state index >= 15 is 0 Å². The lowest BCUT2D eigenvalue weighted by atomic mass is 10.0. The number of carbonyl (C=O) groups excluding carboxylic acids is 1. The number of nitrogens with two attached hydrogens (primary N) is 1. The quantitative estimate of drug-likeness (QED) is 0.865. The van der Waals surface area contributed by atoms with Crippen LogP contribution in [0.4, 0.5) is 5.69 Å². The van der Waals surface area contributed by atoms with Crippen LogP contribution in [-0.4, -0.2) is 78.0 Å². The van der Waals surface area contributed by atoms with Gasteiger partial charge in [0, 0.05) is 43.3 Å². The summed E-state index contributed by atoms with van der Waals surface area (Å²) in [7, 11) is 2.21. The number of piperidine rings is 1. The fraction of sp³-hybridized carbons (Fsp3) is 0.476. The summed E-state index contributed by atoms with van der Waals surface area (Å²) in [5.74, 6) is 0.165. The minimum Gasteiger partial charge on any atom is -0.366 e. The molecule has 0 saturated carbocycles. The van der Waals surface area contributed by atoms with Gasteiger partial charge in [0.25, 0.3) is 0 Å². The van der Waals surface area contributed by atoms with Gasteiger partial charge in [-0.15, -0.1) is 0 Å². The van der Waals surface area contributed by atoms with Crippen LogP contribution < -0.4 is 10.6 Å². The molecular weight excluding hydrogens is 352 g/mol. The molecule has 0 atom stereocenters. The number of hydrogen-bond acceptors (Lipinski definition) is 6. The van der Waals surface area contributed by atoms with E-state index in [1.807, 2.05) is 18.5 Å². The minimum absolute atomic E-state index is 0.444. The normalized spacial score (nSPS) is 19.7. The van der Waals surface area contributed by atoms with Crippen LogP contribution >= 0.6 is 0 Å². The first-order valence-corrected chi connectivity index (χ1v) is 10.00. The number of anilines is 1. The number of rotatable bonds is 4. The first-order valence-electron chi connectivity index (χ1n) is 10.00. The van der Waals surface area contributed by atoms with Gasteiger partial charge in [-0.25, -0.2) is 9.97 Å². The van der Waals surface area contributed by atoms with Crippen molar-refractivity contribution < 1.29 is 4.79 Å². The Morgan fingerprint density at radius 3 is 2.36 bits per heavy atom. The molecule has 2 aliphatic rings. The van der Waals surface area contributed by atoms with Crippen molar-refractivity contribution in [3.05, 3.63) is 42.2 Å². The average Bonchev–Trinajstić information content (AvgIpc) is 2.75. The highest BCUT2D eigenvalue weighted by molar-refractivity contribution is 5.93. The number of nitrogens with zero attached hydrogens (tertiary/aromatic N) is 5. The molecule has 3 heterocycles. The zero-order chi connectivity index (χ0) is 19.5. The second-order valence-electron chi connectivity index (χ2n) is 7.77. The molecule has 1 amide bonds. The molecular formula is C21H28N6O. The molecule has 0 bridgehead atoms. The maximum absolute atomic E-state index is 11.4. The second kappa shape index (κ2) is 8.24. The first-order chi connectivity index (χ1) is 13.6. The molecule has 7 heteroatoms. The lowest BCUT2D eigenvalue weighted by Gasteiger charge is -2.42. The van der Waals surface area contributed by atoms with Gasteiger partial charge in [0.2, 0.25) is 5.91 Å². The van der Waals surface area contributed by atoms with E-state index < -0.39 is 5.91 Å². The molecule has 7 nitrogen and oxygen atoms in total. The van der Waals surface area contributed by atoms with E-state index in [2.05, 4.69) is 31.7 Å². The molecule has 1 aromatic heterocycles. The van der Waals surface area contributed by atoms with E-state index in [-0.39, 0.29) is 0 Å². The SMILES string of the molecule is CN1CCC(N2CCN(c3cnc(-c4cccc(C(N)=O)c4)nc3)CC2)CC1. The van der Waals surface area contributed by atoms with E-state index in [4.69, 9.17) is 5.73 Å². The summed E-state index contributed by atoms with van der Waals surface area (Å²) in [6, 6.07) is 7.85. The summed E-state index contributed by atoms with van der Waals surface area (Å²) in [6.07, 6.45) is 6.31. The van der Waals surface area contributed by atoms with E-state index in [9.17, 15) is 4.79 Å². The van der Waals surface area contributed by atoms with Crippen LogP contribution in [0.1, 0.15) is 23.2 Å². The van der Waals surface area contributed by atoms with Gasteiger partial charge in [-0.3, -0.25) is 9.69 Å². The maximum Gasteiger partial charge on any atom is 0.248 e. The van der Waals surface area contributed by atoms with Crippen LogP contribution in [0.15, 0.2) is 36.7 Å². The Hall–Kier alpha value is -2.51. The highest BCUT2D eigenvalue weighted by atomic mass is 16.1. The van der Waals surface area contributed by atoms with Crippen molar-refractivity contribution in [1.82, 2.24) is 19.8 Å². The van der Waals surface area contributed by atoms with Crippen molar-refractivity contribution in [3.8, 4) is 11.4 Å². The highest BCUT2D eigenvalue weighted by Gasteiger charge is 2.26. The van der Waals surface area contributed by atoms with Crippen LogP contribution in [0.25, 0.3) is 11.4 Å². The van der Waals surface area contributed by atoms with Crippen molar-refractivity contribution in [2.24, 2.45) is 5.73 Å². The predicted molar refractivity (Wildman–Crippen MR) is 110 cm³/mol. The van der Waals surface area contributed by atoms with Gasteiger partial charge in [-0.2, -0.15) is 0 Å². The van der Waals surface area contributed by atoms with Gasteiger partial charge in [0.15, 0.2) is 5.82 Å². The Balaban J connectivity index is 1.37. The summed E-state index contributed by atoms with van der Waals surface area (Å²) in [5, 5.41) is 0. The second-order valence-corrected chi connectivity index (χ2v) is 7.77. The van der Waals surface area contributed by atoms with Crippen LogP contribution in [0.3, 0.4) is 0 Å². The number of primary amides is 1. The summed E-state index contributed by atoms with van der Waals surface area (Å²) in [4.78, 5) is 27.8. The number of amides is 1. The molecule has 2 aliphatic heterocycles. The monoisotopic (exact) mass is 380 g/mol. The molecule has 2 aromatic rings. The number of likely N-dealkylation sites (tertiary alicyclic amines) is 1. The molecule has 2 N–H and O–H groups in total. The molecule has 1 aromatic carbocycles. The molecule has 0 radical (unpaired) electrons. The largest absolute Gasteiger partial charge is 0.366 e. The zero-order valence-electron chi connectivity index (χ0n) is 16.4. The maximum atomic E-state index is 11.4. The Morgan fingerprint density at radius 1 is 1.04 bits per heavy atom. The summed E-state index contributed by atoms with van der Waals surface area (Å²) in [6.45, 7) is 6.61. The van der Waals surface area contributed by atoms with E-state index in [0.717, 1.165) is 43.5 Å². The predicted octanol–water partition coefficient (Wildman–Crippen LogP) is 1.46. The number of hydrogen-bond donors (Lipinski definition) is 1. The fourth-order valence-corrected chi connectivity index (χ4v) is 4.15. The van der Waals surface area contributed by atoms with Gasteiger partial charge in [0.05, 0.1) is 18.1 Å². The van der Waals surface area contributed by atoms with Crippen molar-refractivity contribution in [1.29, 1.82) is 0 Å². The third-order valence-electron chi connectivity index (χ3n) is 5.93. The van der Waals surface area contributed by atoms with Crippen LogP contribution in [0.2, 0.25) is 0 Å². The number of benzene rings is 1. The summed E-state index contributed by atoms with van der Waals surface area (Å²) < 4.78 is 0. The highest BCUT2D eigenvalue weighted by Crippen LogP contribution is 2.22. The van der Waals surface area contributed by atoms with E-state index in [0.29, 0.717) is 11.4 Å². The van der Waals surface area contributed by atoms with Gasteiger partial charge in [-0.05, 0) is 45.1 Å². The number of aromatic nitrogens is 2. The van der Waals surface area contributed by atoms with Crippen molar-refractivity contribution in [2.45, 2.75) is 18.9 Å². The lowest BCUT2D eigenvalue weighted by Crippen LogP contribution is -2.53. The average molecular weight is 380 g/mol. The number of piperazine rings is 1. The van der Waals surface area contributed by atoms with Crippen molar-refractivity contribution >= 4 is 11.6 Å². The van der Waals surface area contributed by atoms with Crippen molar-refractivity contribution in [3.63, 3.8) is 0 Å². The Kier molecular flexibility index (Phi) is 5.54. The van der Waals surface area contributed by atoms with Gasteiger partial charge >= 0.3 is 0 Å². The molecule has 2 fully saturated rings. The molecule has 28 heavy (non-hydrogen) atoms. The molecule has 0 aliphatic carbocycles. The zero-order valence-corrected chi connectivity index (χ0v) is 16.4. The van der Waals surface area contributed by atoms with Crippen LogP contribution in [-0.2, 0) is 0 Å². The number of carbonyl (C=O) groups is 1. The van der Waals surface area contributed by atoms with E-state index in [1.54, 1.807) is 18.2 Å². The summed E-state index contributed by atoms with van der Waals surface area (Å²) >= 11 is 0. The van der Waals surface area contributed by atoms with Gasteiger partial charge in [0.1, 0.15) is 0 Å². The Bertz CT molecular complexity index is 808. The lowest BCUT2D eigenvalue weighted by molar-refractivity contribution is 0.100. The molecule has 2 saturated heterocycles. The summed E-state index contributed by atoms with van der Waals surface area (Å²) in [5.41, 5.74) is 7.68. The smallest absolute Gasteiger partial charge is 0.248 e. The minimum atomic E-state index is -0.444. The third-order valence-corrected chi connectivity index (χ3v) is 5.93. The van der Waals surface area contributed by atoms with Gasteiger partial charge < -0.3 is 15.5 Å². The third kappa shape index (κ3) is 4.15. The van der Waals surface area contributed by atoms with Crippen LogP contribution in [0, 0.1) is 0 Å².